The smallest absolute Gasteiger partial charge is 0.465 e. The second-order valence-electron chi connectivity index (χ2n) is 8.21. The number of carbonyl (C=O) groups excluding carboxylic acids is 1. The van der Waals surface area contributed by atoms with Crippen molar-refractivity contribution < 1.29 is 18.8 Å². The highest BCUT2D eigenvalue weighted by molar-refractivity contribution is 6.62. The zero-order valence-electron chi connectivity index (χ0n) is 16.2. The summed E-state index contributed by atoms with van der Waals surface area (Å²) in [7, 11) is -0.414. The normalized spacial score (nSPS) is 29.5. The summed E-state index contributed by atoms with van der Waals surface area (Å²) in [5, 5.41) is 0. The van der Waals surface area contributed by atoms with Gasteiger partial charge in [0.1, 0.15) is 0 Å². The van der Waals surface area contributed by atoms with Crippen molar-refractivity contribution in [1.29, 1.82) is 0 Å². The molecule has 0 radical (unpaired) electrons. The summed E-state index contributed by atoms with van der Waals surface area (Å²) >= 11 is 0. The summed E-state index contributed by atoms with van der Waals surface area (Å²) in [5.74, 6) is 0.244. The van der Waals surface area contributed by atoms with Gasteiger partial charge in [-0.05, 0) is 58.0 Å². The topological polar surface area (TPSA) is 44.8 Å². The summed E-state index contributed by atoms with van der Waals surface area (Å²) in [5.41, 5.74) is 0.729. The van der Waals surface area contributed by atoms with Crippen LogP contribution in [0.1, 0.15) is 59.9 Å². The standard InChI is InChI=1S/C20H29BO4/c1-7-14-13-20(14,17(22)23-8-2)15-10-9-11-16(12-15)21-24-18(3,4)19(5,6)25-21/h9-12,14H,7-8,13H2,1-6H3. The molecule has 1 aliphatic carbocycles. The molecule has 1 saturated carbocycles. The fourth-order valence-corrected chi connectivity index (χ4v) is 3.75. The quantitative estimate of drug-likeness (QED) is 0.608. The highest BCUT2D eigenvalue weighted by Crippen LogP contribution is 2.56. The van der Waals surface area contributed by atoms with Gasteiger partial charge in [-0.1, -0.05) is 37.6 Å². The van der Waals surface area contributed by atoms with E-state index in [4.69, 9.17) is 14.0 Å². The lowest BCUT2D eigenvalue weighted by molar-refractivity contribution is -0.146. The first kappa shape index (κ1) is 18.5. The Morgan fingerprint density at radius 3 is 2.36 bits per heavy atom. The molecule has 2 fully saturated rings. The Morgan fingerprint density at radius 2 is 1.84 bits per heavy atom. The monoisotopic (exact) mass is 344 g/mol. The second kappa shape index (κ2) is 6.13. The number of hydrogen-bond acceptors (Lipinski definition) is 4. The van der Waals surface area contributed by atoms with Crippen molar-refractivity contribution in [3.63, 3.8) is 0 Å². The van der Waals surface area contributed by atoms with E-state index in [1.165, 1.54) is 0 Å². The fourth-order valence-electron chi connectivity index (χ4n) is 3.75. The first-order chi connectivity index (χ1) is 11.7. The van der Waals surface area contributed by atoms with Crippen molar-refractivity contribution in [2.75, 3.05) is 6.61 Å². The van der Waals surface area contributed by atoms with Crippen molar-refractivity contribution in [1.82, 2.24) is 0 Å². The highest BCUT2D eigenvalue weighted by Gasteiger charge is 2.61. The molecule has 1 aliphatic heterocycles. The maximum Gasteiger partial charge on any atom is 0.494 e. The van der Waals surface area contributed by atoms with Gasteiger partial charge >= 0.3 is 13.1 Å². The van der Waals surface area contributed by atoms with Gasteiger partial charge < -0.3 is 14.0 Å². The van der Waals surface area contributed by atoms with Crippen LogP contribution in [-0.4, -0.2) is 30.9 Å². The van der Waals surface area contributed by atoms with Gasteiger partial charge in [-0.3, -0.25) is 4.79 Å². The van der Waals surface area contributed by atoms with Crippen LogP contribution < -0.4 is 5.46 Å². The lowest BCUT2D eigenvalue weighted by Crippen LogP contribution is -2.41. The predicted octanol–water partition coefficient (Wildman–Crippen LogP) is 3.22. The number of rotatable bonds is 5. The molecule has 0 aromatic heterocycles. The second-order valence-corrected chi connectivity index (χ2v) is 8.21. The molecule has 0 bridgehead atoms. The molecule has 1 aromatic rings. The van der Waals surface area contributed by atoms with Gasteiger partial charge in [-0.2, -0.15) is 0 Å². The lowest BCUT2D eigenvalue weighted by Gasteiger charge is -2.32. The molecule has 1 heterocycles. The highest BCUT2D eigenvalue weighted by atomic mass is 16.7. The minimum Gasteiger partial charge on any atom is -0.465 e. The van der Waals surface area contributed by atoms with Gasteiger partial charge in [-0.15, -0.1) is 0 Å². The molecule has 0 spiro atoms. The number of carbonyl (C=O) groups is 1. The van der Waals surface area contributed by atoms with Crippen LogP contribution in [0.4, 0.5) is 0 Å². The molecule has 0 amide bonds. The molecular formula is C20H29BO4. The minimum atomic E-state index is -0.496. The Balaban J connectivity index is 1.91. The zero-order valence-corrected chi connectivity index (χ0v) is 16.2. The molecule has 1 saturated heterocycles. The summed E-state index contributed by atoms with van der Waals surface area (Å²) in [6.45, 7) is 12.6. The lowest BCUT2D eigenvalue weighted by atomic mass is 9.76. The summed E-state index contributed by atoms with van der Waals surface area (Å²) in [6, 6.07) is 8.09. The third kappa shape index (κ3) is 2.91. The van der Waals surface area contributed by atoms with Crippen LogP contribution in [0, 0.1) is 5.92 Å². The average Bonchev–Trinajstić information content (AvgIpc) is 3.25. The van der Waals surface area contributed by atoms with Crippen LogP contribution in [0.15, 0.2) is 24.3 Å². The minimum absolute atomic E-state index is 0.104. The van der Waals surface area contributed by atoms with Crippen LogP contribution in [0.25, 0.3) is 0 Å². The van der Waals surface area contributed by atoms with Gasteiger partial charge in [-0.25, -0.2) is 0 Å². The van der Waals surface area contributed by atoms with E-state index in [-0.39, 0.29) is 17.2 Å². The van der Waals surface area contributed by atoms with Crippen molar-refractivity contribution in [2.45, 2.75) is 71.0 Å². The molecule has 5 heteroatoms. The Bertz CT molecular complexity index is 653. The largest absolute Gasteiger partial charge is 0.494 e. The van der Waals surface area contributed by atoms with Crippen LogP contribution in [0.3, 0.4) is 0 Å². The Morgan fingerprint density at radius 1 is 1.20 bits per heavy atom. The summed E-state index contributed by atoms with van der Waals surface area (Å²) in [4.78, 5) is 12.7. The molecule has 2 atom stereocenters. The summed E-state index contributed by atoms with van der Waals surface area (Å²) < 4.78 is 17.7. The molecule has 25 heavy (non-hydrogen) atoms. The van der Waals surface area contributed by atoms with Gasteiger partial charge in [0.15, 0.2) is 0 Å². The molecule has 136 valence electrons. The zero-order chi connectivity index (χ0) is 18.5. The van der Waals surface area contributed by atoms with Crippen molar-refractivity contribution >= 4 is 18.6 Å². The van der Waals surface area contributed by atoms with Crippen molar-refractivity contribution in [3.8, 4) is 0 Å². The molecule has 1 aromatic carbocycles. The molecule has 2 aliphatic rings. The molecule has 3 rings (SSSR count). The maximum absolute atomic E-state index is 12.7. The predicted molar refractivity (Wildman–Crippen MR) is 98.9 cm³/mol. The van der Waals surface area contributed by atoms with Crippen LogP contribution >= 0.6 is 0 Å². The third-order valence-corrected chi connectivity index (χ3v) is 6.16. The van der Waals surface area contributed by atoms with Gasteiger partial charge in [0.25, 0.3) is 0 Å². The van der Waals surface area contributed by atoms with Crippen molar-refractivity contribution in [3.05, 3.63) is 29.8 Å². The number of hydrogen-bond donors (Lipinski definition) is 0. The van der Waals surface area contributed by atoms with Crippen LogP contribution in [-0.2, 0) is 24.3 Å². The Labute approximate surface area is 151 Å². The van der Waals surface area contributed by atoms with E-state index in [1.54, 1.807) is 0 Å². The average molecular weight is 344 g/mol. The van der Waals surface area contributed by atoms with E-state index in [0.29, 0.717) is 12.5 Å². The SMILES string of the molecule is CCOC(=O)C1(c2cccc(B3OC(C)(C)C(C)(C)O3)c2)CC1CC. The van der Waals surface area contributed by atoms with Crippen LogP contribution in [0.2, 0.25) is 0 Å². The van der Waals surface area contributed by atoms with Gasteiger partial charge in [0.2, 0.25) is 0 Å². The first-order valence-electron chi connectivity index (χ1n) is 9.31. The fraction of sp³-hybridized carbons (Fsp3) is 0.650. The number of esters is 1. The van der Waals surface area contributed by atoms with Crippen LogP contribution in [0.5, 0.6) is 0 Å². The van der Waals surface area contributed by atoms with E-state index >= 15 is 0 Å². The van der Waals surface area contributed by atoms with Crippen molar-refractivity contribution in [2.24, 2.45) is 5.92 Å². The Kier molecular flexibility index (Phi) is 4.53. The molecule has 4 nitrogen and oxygen atoms in total. The van der Waals surface area contributed by atoms with E-state index in [1.807, 2.05) is 52.8 Å². The summed E-state index contributed by atoms with van der Waals surface area (Å²) in [6.07, 6.45) is 1.83. The third-order valence-electron chi connectivity index (χ3n) is 6.16. The maximum atomic E-state index is 12.7. The first-order valence-corrected chi connectivity index (χ1v) is 9.31. The Hall–Kier alpha value is -1.33. The van der Waals surface area contributed by atoms with E-state index in [2.05, 4.69) is 13.0 Å². The molecule has 0 N–H and O–H groups in total. The van der Waals surface area contributed by atoms with E-state index < -0.39 is 12.5 Å². The number of benzene rings is 1. The van der Waals surface area contributed by atoms with E-state index in [9.17, 15) is 4.79 Å². The number of ether oxygens (including phenoxy) is 1. The van der Waals surface area contributed by atoms with Gasteiger partial charge in [0, 0.05) is 0 Å². The molecule has 2 unspecified atom stereocenters. The van der Waals surface area contributed by atoms with Gasteiger partial charge in [0.05, 0.1) is 23.2 Å². The van der Waals surface area contributed by atoms with E-state index in [0.717, 1.165) is 23.9 Å². The molecular weight excluding hydrogens is 315 g/mol.